The molecule has 5 rings (SSSR count). The lowest BCUT2D eigenvalue weighted by Crippen LogP contribution is -2.29. The van der Waals surface area contributed by atoms with Gasteiger partial charge in [0.1, 0.15) is 17.2 Å². The molecule has 0 aliphatic carbocycles. The highest BCUT2D eigenvalue weighted by Crippen LogP contribution is 2.30. The molecule has 0 saturated carbocycles. The fourth-order valence-electron chi connectivity index (χ4n) is 3.72. The van der Waals surface area contributed by atoms with Crippen LogP contribution in [0.5, 0.6) is 5.75 Å². The average molecular weight is 455 g/mol. The number of H-pyrrole nitrogens is 1. The quantitative estimate of drug-likeness (QED) is 0.415. The van der Waals surface area contributed by atoms with Gasteiger partial charge in [-0.25, -0.2) is 19.2 Å². The zero-order chi connectivity index (χ0) is 23.8. The van der Waals surface area contributed by atoms with Crippen LogP contribution in [0.25, 0.3) is 33.5 Å². The minimum Gasteiger partial charge on any atom is -0.406 e. The lowest BCUT2D eigenvalue weighted by molar-refractivity contribution is 0.197. The number of rotatable bonds is 4. The molecule has 34 heavy (non-hydrogen) atoms. The summed E-state index contributed by atoms with van der Waals surface area (Å²) in [6.07, 6.45) is 2.40. The first-order valence-electron chi connectivity index (χ1n) is 10.4. The Kier molecular flexibility index (Phi) is 5.14. The van der Waals surface area contributed by atoms with Crippen LogP contribution in [0.2, 0.25) is 0 Å². The Bertz CT molecular complexity index is 1580. The fourth-order valence-corrected chi connectivity index (χ4v) is 3.72. The van der Waals surface area contributed by atoms with Crippen molar-refractivity contribution in [3.63, 3.8) is 0 Å². The predicted octanol–water partition coefficient (Wildman–Crippen LogP) is 4.37. The summed E-state index contributed by atoms with van der Waals surface area (Å²) < 4.78 is 20.7. The Balaban J connectivity index is 1.40. The van der Waals surface area contributed by atoms with Crippen molar-refractivity contribution in [1.29, 1.82) is 5.26 Å². The van der Waals surface area contributed by atoms with Crippen molar-refractivity contribution in [2.24, 2.45) is 7.05 Å². The second kappa shape index (κ2) is 8.29. The second-order valence-corrected chi connectivity index (χ2v) is 7.73. The molecule has 0 radical (unpaired) electrons. The molecule has 0 spiro atoms. The molecule has 168 valence electrons. The number of amides is 1. The van der Waals surface area contributed by atoms with E-state index in [1.165, 1.54) is 18.3 Å². The van der Waals surface area contributed by atoms with Crippen LogP contribution in [-0.2, 0) is 7.05 Å². The Labute approximate surface area is 192 Å². The standard InChI is InChI=1S/C24H18FN7O2/c1-13(15-5-3-14(10-26)4-6-15)29-24(33)34-20-12-28-23-22(20)30-18(11-27-23)21-17-8-7-16(25)9-19(17)32(2)31-21/h3-9,11-13H,1-2H3,(H,27,28)(H,29,33)/t13-/m1/s1. The summed E-state index contributed by atoms with van der Waals surface area (Å²) in [6.45, 7) is 1.81. The van der Waals surface area contributed by atoms with Crippen LogP contribution in [0, 0.1) is 17.1 Å². The van der Waals surface area contributed by atoms with Crippen LogP contribution in [0.3, 0.4) is 0 Å². The van der Waals surface area contributed by atoms with Gasteiger partial charge in [0.05, 0.1) is 29.4 Å². The van der Waals surface area contributed by atoms with Gasteiger partial charge in [0.15, 0.2) is 16.9 Å². The monoisotopic (exact) mass is 455 g/mol. The van der Waals surface area contributed by atoms with Crippen LogP contribution >= 0.6 is 0 Å². The molecular formula is C24H18FN7O2. The number of hydrogen-bond donors (Lipinski definition) is 2. The van der Waals surface area contributed by atoms with Crippen molar-refractivity contribution in [3.05, 3.63) is 71.8 Å². The number of ether oxygens (including phenoxy) is 1. The van der Waals surface area contributed by atoms with Crippen molar-refractivity contribution in [3.8, 4) is 23.2 Å². The number of aromatic nitrogens is 5. The van der Waals surface area contributed by atoms with E-state index >= 15 is 0 Å². The number of hydrogen-bond acceptors (Lipinski definition) is 6. The van der Waals surface area contributed by atoms with E-state index in [2.05, 4.69) is 31.4 Å². The topological polar surface area (TPSA) is 122 Å². The van der Waals surface area contributed by atoms with Crippen LogP contribution in [0.4, 0.5) is 9.18 Å². The summed E-state index contributed by atoms with van der Waals surface area (Å²) in [6, 6.07) is 13.1. The Morgan fingerprint density at radius 1 is 1.26 bits per heavy atom. The molecule has 5 aromatic rings. The van der Waals surface area contributed by atoms with Gasteiger partial charge >= 0.3 is 6.09 Å². The maximum absolute atomic E-state index is 13.7. The van der Waals surface area contributed by atoms with E-state index in [0.29, 0.717) is 33.6 Å². The fraction of sp³-hybridized carbons (Fsp3) is 0.125. The third kappa shape index (κ3) is 3.80. The number of benzene rings is 2. The van der Waals surface area contributed by atoms with Gasteiger partial charge < -0.3 is 15.0 Å². The van der Waals surface area contributed by atoms with Crippen molar-refractivity contribution in [1.82, 2.24) is 30.0 Å². The molecule has 2 aromatic carbocycles. The number of halogens is 1. The summed E-state index contributed by atoms with van der Waals surface area (Å²) in [5.74, 6) is -0.147. The van der Waals surface area contributed by atoms with Gasteiger partial charge in [-0.3, -0.25) is 4.68 Å². The van der Waals surface area contributed by atoms with Gasteiger partial charge in [-0.2, -0.15) is 10.4 Å². The Morgan fingerprint density at radius 3 is 2.82 bits per heavy atom. The third-order valence-electron chi connectivity index (χ3n) is 5.48. The van der Waals surface area contributed by atoms with E-state index in [0.717, 1.165) is 10.9 Å². The maximum atomic E-state index is 13.7. The molecule has 10 heteroatoms. The van der Waals surface area contributed by atoms with Gasteiger partial charge in [-0.15, -0.1) is 0 Å². The number of carbonyl (C=O) groups excluding carboxylic acids is 1. The highest BCUT2D eigenvalue weighted by Gasteiger charge is 2.18. The number of fused-ring (bicyclic) bond motifs is 2. The van der Waals surface area contributed by atoms with Crippen molar-refractivity contribution < 1.29 is 13.9 Å². The van der Waals surface area contributed by atoms with Crippen LogP contribution in [0.15, 0.2) is 54.9 Å². The molecule has 2 N–H and O–H groups in total. The molecule has 1 atom stereocenters. The van der Waals surface area contributed by atoms with Crippen molar-refractivity contribution >= 4 is 28.2 Å². The molecule has 1 amide bonds. The lowest BCUT2D eigenvalue weighted by Gasteiger charge is -2.14. The summed E-state index contributed by atoms with van der Waals surface area (Å²) in [7, 11) is 1.72. The zero-order valence-electron chi connectivity index (χ0n) is 18.2. The van der Waals surface area contributed by atoms with Crippen LogP contribution in [-0.4, -0.2) is 30.8 Å². The lowest BCUT2D eigenvalue weighted by atomic mass is 10.1. The predicted molar refractivity (Wildman–Crippen MR) is 122 cm³/mol. The van der Waals surface area contributed by atoms with Crippen molar-refractivity contribution in [2.45, 2.75) is 13.0 Å². The number of nitrogens with zero attached hydrogens (tertiary/aromatic N) is 5. The largest absolute Gasteiger partial charge is 0.413 e. The molecule has 0 aliphatic rings. The van der Waals surface area contributed by atoms with Gasteiger partial charge in [0.25, 0.3) is 0 Å². The Hall–Kier alpha value is -4.78. The van der Waals surface area contributed by atoms with E-state index in [4.69, 9.17) is 10.00 Å². The van der Waals surface area contributed by atoms with E-state index < -0.39 is 6.09 Å². The molecule has 0 aliphatic heterocycles. The highest BCUT2D eigenvalue weighted by molar-refractivity contribution is 5.93. The summed E-state index contributed by atoms with van der Waals surface area (Å²) in [4.78, 5) is 24.4. The van der Waals surface area contributed by atoms with Gasteiger partial charge in [0, 0.05) is 18.6 Å². The van der Waals surface area contributed by atoms with Crippen LogP contribution in [0.1, 0.15) is 24.1 Å². The third-order valence-corrected chi connectivity index (χ3v) is 5.48. The smallest absolute Gasteiger partial charge is 0.406 e. The number of aryl methyl sites for hydroxylation is 1. The minimum absolute atomic E-state index is 0.208. The minimum atomic E-state index is -0.663. The molecule has 0 bridgehead atoms. The normalized spacial score (nSPS) is 11.9. The van der Waals surface area contributed by atoms with Gasteiger partial charge in [0.2, 0.25) is 0 Å². The molecule has 3 aromatic heterocycles. The number of nitriles is 1. The highest BCUT2D eigenvalue weighted by atomic mass is 19.1. The average Bonchev–Trinajstić information content (AvgIpc) is 3.39. The van der Waals surface area contributed by atoms with E-state index in [1.807, 2.05) is 6.92 Å². The molecule has 9 nitrogen and oxygen atoms in total. The summed E-state index contributed by atoms with van der Waals surface area (Å²) >= 11 is 0. The summed E-state index contributed by atoms with van der Waals surface area (Å²) in [5, 5.41) is 16.9. The van der Waals surface area contributed by atoms with E-state index in [1.54, 1.807) is 48.3 Å². The maximum Gasteiger partial charge on any atom is 0.413 e. The second-order valence-electron chi connectivity index (χ2n) is 7.73. The molecular weight excluding hydrogens is 437 g/mol. The first-order valence-corrected chi connectivity index (χ1v) is 10.4. The number of aromatic amines is 1. The number of carbonyl (C=O) groups is 1. The zero-order valence-corrected chi connectivity index (χ0v) is 18.2. The molecule has 0 unspecified atom stereocenters. The first kappa shape index (κ1) is 21.1. The van der Waals surface area contributed by atoms with E-state index in [-0.39, 0.29) is 17.6 Å². The summed E-state index contributed by atoms with van der Waals surface area (Å²) in [5.41, 5.74) is 3.79. The van der Waals surface area contributed by atoms with Crippen LogP contribution < -0.4 is 10.1 Å². The number of nitrogens with one attached hydrogen (secondary N) is 2. The molecule has 3 heterocycles. The van der Waals surface area contributed by atoms with E-state index in [9.17, 15) is 9.18 Å². The van der Waals surface area contributed by atoms with Gasteiger partial charge in [-0.1, -0.05) is 12.1 Å². The molecule has 0 saturated heterocycles. The first-order chi connectivity index (χ1) is 16.4. The van der Waals surface area contributed by atoms with Gasteiger partial charge in [-0.05, 0) is 42.8 Å². The van der Waals surface area contributed by atoms with Crippen molar-refractivity contribution in [2.75, 3.05) is 0 Å². The Morgan fingerprint density at radius 2 is 2.06 bits per heavy atom. The molecule has 0 fully saturated rings. The SMILES string of the molecule is C[C@@H](NC(=O)Oc1c[nH]c2ncc(-c3nn(C)c4cc(F)ccc34)nc12)c1ccc(C#N)cc1.